The SMILES string of the molecule is CCS(=O)(=O)N1CCN(C(C)Cn2c(C#N)cc3c(C)c(CN4CCC5(CC4)CN(c4ncnc6ccc(CC(F)(F)F)cc46)C5)ccc32)CC1. The molecule has 1 spiro atoms. The molecule has 0 amide bonds. The van der Waals surface area contributed by atoms with Crippen LogP contribution in [0.5, 0.6) is 0 Å². The molecular formula is C37H45F3N8O2S. The third-order valence-electron chi connectivity index (χ3n) is 11.4. The number of benzene rings is 2. The fraction of sp³-hybridized carbons (Fsp3) is 0.541. The molecule has 3 saturated heterocycles. The first-order valence-electron chi connectivity index (χ1n) is 17.8. The number of piperazine rings is 1. The van der Waals surface area contributed by atoms with Crippen molar-refractivity contribution in [3.8, 4) is 6.07 Å². The van der Waals surface area contributed by atoms with Gasteiger partial charge in [-0.3, -0.25) is 9.80 Å². The average molecular weight is 723 g/mol. The van der Waals surface area contributed by atoms with Crippen LogP contribution in [0, 0.1) is 23.7 Å². The maximum atomic E-state index is 13.1. The summed E-state index contributed by atoms with van der Waals surface area (Å²) >= 11 is 0. The van der Waals surface area contributed by atoms with Crippen LogP contribution in [-0.2, 0) is 29.5 Å². The van der Waals surface area contributed by atoms with Gasteiger partial charge in [-0.1, -0.05) is 12.1 Å². The number of piperidine rings is 1. The highest BCUT2D eigenvalue weighted by atomic mass is 32.2. The second kappa shape index (κ2) is 13.7. The lowest BCUT2D eigenvalue weighted by molar-refractivity contribution is -0.127. The normalized spacial score (nSPS) is 19.8. The number of nitriles is 1. The Morgan fingerprint density at radius 1 is 0.980 bits per heavy atom. The number of nitrogens with zero attached hydrogens (tertiary/aromatic N) is 8. The van der Waals surface area contributed by atoms with E-state index in [1.807, 2.05) is 6.07 Å². The molecule has 2 aromatic carbocycles. The van der Waals surface area contributed by atoms with Crippen molar-refractivity contribution in [2.75, 3.05) is 63.0 Å². The van der Waals surface area contributed by atoms with Crippen LogP contribution in [0.25, 0.3) is 21.8 Å². The summed E-state index contributed by atoms with van der Waals surface area (Å²) in [6.45, 7) is 13.3. The lowest BCUT2D eigenvalue weighted by atomic mass is 9.72. The van der Waals surface area contributed by atoms with Gasteiger partial charge in [0.25, 0.3) is 0 Å². The Balaban J connectivity index is 0.977. The van der Waals surface area contributed by atoms with E-state index in [2.05, 4.69) is 61.3 Å². The van der Waals surface area contributed by atoms with Crippen molar-refractivity contribution in [1.82, 2.24) is 28.6 Å². The zero-order valence-corrected chi connectivity index (χ0v) is 30.3. The molecule has 7 rings (SSSR count). The van der Waals surface area contributed by atoms with E-state index >= 15 is 0 Å². The summed E-state index contributed by atoms with van der Waals surface area (Å²) in [6, 6.07) is 13.6. The quantitative estimate of drug-likeness (QED) is 0.229. The molecule has 3 aliphatic rings. The standard InChI is InChI=1S/C37H45F3N8O2S/c1-4-51(49,50)47-15-13-45(14-16-47)26(2)21-48-30(20-41)18-31-27(3)29(6-8-34(31)48)22-44-11-9-36(10-12-44)23-46(24-36)35-32-17-28(19-37(38,39)40)5-7-33(32)42-25-43-35/h5-8,17-18,25-26H,4,9-16,19,21-24H2,1-3H3. The third kappa shape index (κ3) is 7.18. The zero-order chi connectivity index (χ0) is 36.1. The highest BCUT2D eigenvalue weighted by Gasteiger charge is 2.45. The highest BCUT2D eigenvalue weighted by Crippen LogP contribution is 2.44. The predicted octanol–water partition coefficient (Wildman–Crippen LogP) is 5.33. The summed E-state index contributed by atoms with van der Waals surface area (Å²) in [5.74, 6) is 0.830. The Hall–Kier alpha value is -3.77. The molecule has 0 N–H and O–H groups in total. The van der Waals surface area contributed by atoms with Crippen LogP contribution in [0.1, 0.15) is 49.1 Å². The van der Waals surface area contributed by atoms with Gasteiger partial charge in [0.2, 0.25) is 10.0 Å². The van der Waals surface area contributed by atoms with Gasteiger partial charge in [0, 0.05) is 80.1 Å². The number of fused-ring (bicyclic) bond motifs is 2. The Kier molecular flexibility index (Phi) is 9.54. The van der Waals surface area contributed by atoms with Gasteiger partial charge < -0.3 is 9.47 Å². The van der Waals surface area contributed by atoms with Gasteiger partial charge in [-0.05, 0) is 87.7 Å². The maximum absolute atomic E-state index is 13.1. The molecular weight excluding hydrogens is 678 g/mol. The van der Waals surface area contributed by atoms with Crippen LogP contribution in [0.2, 0.25) is 0 Å². The number of likely N-dealkylation sites (tertiary alicyclic amines) is 1. The van der Waals surface area contributed by atoms with Gasteiger partial charge in [0.1, 0.15) is 23.9 Å². The van der Waals surface area contributed by atoms with Crippen LogP contribution in [-0.4, -0.2) is 107 Å². The monoisotopic (exact) mass is 722 g/mol. The minimum Gasteiger partial charge on any atom is -0.355 e. The van der Waals surface area contributed by atoms with Gasteiger partial charge in [-0.25, -0.2) is 18.4 Å². The van der Waals surface area contributed by atoms with Crippen LogP contribution < -0.4 is 4.90 Å². The number of alkyl halides is 3. The average Bonchev–Trinajstić information content (AvgIpc) is 3.45. The van der Waals surface area contributed by atoms with E-state index in [-0.39, 0.29) is 22.8 Å². The second-order valence-corrected chi connectivity index (χ2v) is 16.9. The number of aryl methyl sites for hydroxylation is 1. The summed E-state index contributed by atoms with van der Waals surface area (Å²) in [7, 11) is -3.19. The van der Waals surface area contributed by atoms with E-state index < -0.39 is 22.6 Å². The largest absolute Gasteiger partial charge is 0.393 e. The first-order valence-corrected chi connectivity index (χ1v) is 19.4. The van der Waals surface area contributed by atoms with Crippen molar-refractivity contribution < 1.29 is 21.6 Å². The Labute approximate surface area is 297 Å². The van der Waals surface area contributed by atoms with Crippen LogP contribution in [0.3, 0.4) is 0 Å². The van der Waals surface area contributed by atoms with Crippen molar-refractivity contribution in [3.05, 3.63) is 65.1 Å². The van der Waals surface area contributed by atoms with E-state index in [4.69, 9.17) is 0 Å². The van der Waals surface area contributed by atoms with Gasteiger partial charge in [-0.2, -0.15) is 22.7 Å². The summed E-state index contributed by atoms with van der Waals surface area (Å²) in [6.07, 6.45) is -1.67. The van der Waals surface area contributed by atoms with Crippen molar-refractivity contribution in [1.29, 1.82) is 5.26 Å². The number of sulfonamides is 1. The zero-order valence-electron chi connectivity index (χ0n) is 29.5. The van der Waals surface area contributed by atoms with Crippen molar-refractivity contribution in [2.24, 2.45) is 5.41 Å². The van der Waals surface area contributed by atoms with Crippen molar-refractivity contribution >= 4 is 37.6 Å². The van der Waals surface area contributed by atoms with Crippen LogP contribution in [0.4, 0.5) is 19.0 Å². The van der Waals surface area contributed by atoms with Crippen LogP contribution in [0.15, 0.2) is 42.7 Å². The molecule has 0 radical (unpaired) electrons. The van der Waals surface area contributed by atoms with Gasteiger partial charge >= 0.3 is 6.18 Å². The fourth-order valence-corrected chi connectivity index (χ4v) is 9.39. The number of aromatic nitrogens is 3. The van der Waals surface area contributed by atoms with E-state index in [0.29, 0.717) is 55.1 Å². The van der Waals surface area contributed by atoms with E-state index in [1.54, 1.807) is 23.4 Å². The fourth-order valence-electron chi connectivity index (χ4n) is 8.31. The molecule has 5 heterocycles. The summed E-state index contributed by atoms with van der Waals surface area (Å²) in [4.78, 5) is 15.8. The van der Waals surface area contributed by atoms with Crippen LogP contribution >= 0.6 is 0 Å². The molecule has 0 aliphatic carbocycles. The minimum atomic E-state index is -4.27. The van der Waals surface area contributed by atoms with Gasteiger partial charge in [0.15, 0.2) is 0 Å². The molecule has 10 nitrogen and oxygen atoms in total. The van der Waals surface area contributed by atoms with Crippen molar-refractivity contribution in [3.63, 3.8) is 0 Å². The topological polar surface area (TPSA) is 102 Å². The molecule has 3 fully saturated rings. The molecule has 2 aromatic heterocycles. The van der Waals surface area contributed by atoms with Gasteiger partial charge in [-0.15, -0.1) is 0 Å². The van der Waals surface area contributed by atoms with Gasteiger partial charge in [0.05, 0.1) is 17.7 Å². The minimum absolute atomic E-state index is 0.118. The van der Waals surface area contributed by atoms with Crippen molar-refractivity contribution in [2.45, 2.75) is 65.3 Å². The van der Waals surface area contributed by atoms with E-state index in [0.717, 1.165) is 56.5 Å². The summed E-state index contributed by atoms with van der Waals surface area (Å²) in [5.41, 5.74) is 5.15. The Bertz CT molecular complexity index is 2070. The lowest BCUT2D eigenvalue weighted by Crippen LogP contribution is -2.60. The number of hydrogen-bond acceptors (Lipinski definition) is 8. The number of rotatable bonds is 9. The Morgan fingerprint density at radius 2 is 1.71 bits per heavy atom. The molecule has 14 heteroatoms. The smallest absolute Gasteiger partial charge is 0.355 e. The number of anilines is 1. The number of halogens is 3. The molecule has 51 heavy (non-hydrogen) atoms. The predicted molar refractivity (Wildman–Crippen MR) is 192 cm³/mol. The molecule has 1 atom stereocenters. The van der Waals surface area contributed by atoms with E-state index in [9.17, 15) is 26.9 Å². The molecule has 1 unspecified atom stereocenters. The highest BCUT2D eigenvalue weighted by molar-refractivity contribution is 7.89. The molecule has 272 valence electrons. The third-order valence-corrected chi connectivity index (χ3v) is 13.3. The second-order valence-electron chi connectivity index (χ2n) is 14.7. The summed E-state index contributed by atoms with van der Waals surface area (Å²) < 4.78 is 67.6. The molecule has 0 bridgehead atoms. The molecule has 3 aliphatic heterocycles. The maximum Gasteiger partial charge on any atom is 0.393 e. The lowest BCUT2D eigenvalue weighted by Gasteiger charge is -2.54. The number of hydrogen-bond donors (Lipinski definition) is 0. The molecule has 0 saturated carbocycles. The Morgan fingerprint density at radius 3 is 2.37 bits per heavy atom. The molecule has 4 aromatic rings. The van der Waals surface area contributed by atoms with E-state index in [1.165, 1.54) is 23.5 Å². The summed E-state index contributed by atoms with van der Waals surface area (Å²) in [5, 5.41) is 11.8. The first kappa shape index (κ1) is 35.6. The first-order chi connectivity index (χ1) is 24.3.